The molecule has 0 fully saturated rings. The molecule has 0 bridgehead atoms. The molecule has 444 valence electrons. The Labute approximate surface area is 477 Å². The summed E-state index contributed by atoms with van der Waals surface area (Å²) >= 11 is 0. The number of esters is 3. The number of allylic oxidation sites excluding steroid dienone is 14. The van der Waals surface area contributed by atoms with Crippen molar-refractivity contribution in [2.45, 2.75) is 335 Å². The predicted molar refractivity (Wildman–Crippen MR) is 334 cm³/mol. The van der Waals surface area contributed by atoms with Crippen molar-refractivity contribution in [3.63, 3.8) is 0 Å². The van der Waals surface area contributed by atoms with Crippen molar-refractivity contribution in [3.8, 4) is 0 Å². The van der Waals surface area contributed by atoms with Gasteiger partial charge in [0.1, 0.15) is 13.2 Å². The summed E-state index contributed by atoms with van der Waals surface area (Å²) in [5.41, 5.74) is 0. The molecule has 0 rings (SSSR count). The minimum atomic E-state index is -0.789. The van der Waals surface area contributed by atoms with Crippen LogP contribution in [0.2, 0.25) is 0 Å². The van der Waals surface area contributed by atoms with Gasteiger partial charge in [-0.1, -0.05) is 279 Å². The first-order valence-electron chi connectivity index (χ1n) is 33.1. The summed E-state index contributed by atoms with van der Waals surface area (Å²) in [7, 11) is 0. The lowest BCUT2D eigenvalue weighted by molar-refractivity contribution is -0.167. The highest BCUT2D eigenvalue weighted by Gasteiger charge is 2.19. The molecule has 0 radical (unpaired) electrons. The summed E-state index contributed by atoms with van der Waals surface area (Å²) in [6.45, 7) is 6.54. The SMILES string of the molecule is CC/C=C\C/C=C\C/C=C\C/C=C\C/C=C\CCCCCCCC(=O)OCC(COC(=O)CCCCCCCCCCC/C=C\CCCCCCCC)OC(=O)CCCCCCCCCCC/C=C\CCCCCCCC. The Bertz CT molecular complexity index is 1470. The number of unbranched alkanes of at least 4 members (excludes halogenated alkanes) is 35. The zero-order chi connectivity index (χ0) is 55.7. The zero-order valence-corrected chi connectivity index (χ0v) is 51.0. The van der Waals surface area contributed by atoms with Crippen LogP contribution in [0, 0.1) is 0 Å². The van der Waals surface area contributed by atoms with Crippen LogP contribution >= 0.6 is 0 Å². The molecule has 0 saturated heterocycles. The van der Waals surface area contributed by atoms with Crippen molar-refractivity contribution in [1.29, 1.82) is 0 Å². The Morgan fingerprint density at radius 3 is 0.805 bits per heavy atom. The van der Waals surface area contributed by atoms with Crippen molar-refractivity contribution in [1.82, 2.24) is 0 Å². The van der Waals surface area contributed by atoms with Crippen LogP contribution in [0.4, 0.5) is 0 Å². The van der Waals surface area contributed by atoms with Gasteiger partial charge < -0.3 is 14.2 Å². The highest BCUT2D eigenvalue weighted by Crippen LogP contribution is 2.16. The van der Waals surface area contributed by atoms with Gasteiger partial charge in [0.15, 0.2) is 6.10 Å². The van der Waals surface area contributed by atoms with Crippen LogP contribution in [-0.2, 0) is 28.6 Å². The van der Waals surface area contributed by atoms with Crippen LogP contribution in [0.5, 0.6) is 0 Å². The van der Waals surface area contributed by atoms with Gasteiger partial charge in [-0.2, -0.15) is 0 Å². The van der Waals surface area contributed by atoms with Gasteiger partial charge in [-0.3, -0.25) is 14.4 Å². The van der Waals surface area contributed by atoms with E-state index in [0.717, 1.165) is 109 Å². The third-order valence-corrected chi connectivity index (χ3v) is 14.4. The van der Waals surface area contributed by atoms with Crippen molar-refractivity contribution in [2.75, 3.05) is 13.2 Å². The second kappa shape index (κ2) is 65.1. The summed E-state index contributed by atoms with van der Waals surface area (Å²) in [5, 5.41) is 0. The van der Waals surface area contributed by atoms with Gasteiger partial charge in [0, 0.05) is 19.3 Å². The van der Waals surface area contributed by atoms with E-state index in [4.69, 9.17) is 14.2 Å². The fourth-order valence-electron chi connectivity index (χ4n) is 9.40. The molecule has 0 aliphatic carbocycles. The molecule has 0 aliphatic heterocycles. The van der Waals surface area contributed by atoms with Crippen LogP contribution in [0.1, 0.15) is 329 Å². The molecule has 0 spiro atoms. The Morgan fingerprint density at radius 2 is 0.506 bits per heavy atom. The molecular formula is C71H124O6. The van der Waals surface area contributed by atoms with E-state index in [9.17, 15) is 14.4 Å². The number of ether oxygens (including phenoxy) is 3. The Balaban J connectivity index is 4.41. The van der Waals surface area contributed by atoms with Crippen molar-refractivity contribution < 1.29 is 28.6 Å². The van der Waals surface area contributed by atoms with Gasteiger partial charge in [0.25, 0.3) is 0 Å². The molecule has 6 nitrogen and oxygen atoms in total. The maximum absolute atomic E-state index is 12.9. The molecule has 0 saturated carbocycles. The molecule has 1 atom stereocenters. The topological polar surface area (TPSA) is 78.9 Å². The molecule has 1 unspecified atom stereocenters. The maximum Gasteiger partial charge on any atom is 0.306 e. The molecule has 0 aliphatic rings. The monoisotopic (exact) mass is 1070 g/mol. The van der Waals surface area contributed by atoms with Gasteiger partial charge in [-0.15, -0.1) is 0 Å². The van der Waals surface area contributed by atoms with E-state index in [1.807, 2.05) is 0 Å². The molecule has 0 aromatic carbocycles. The first-order chi connectivity index (χ1) is 38.0. The van der Waals surface area contributed by atoms with E-state index in [1.165, 1.54) is 180 Å². The number of hydrogen-bond acceptors (Lipinski definition) is 6. The first kappa shape index (κ1) is 73.6. The van der Waals surface area contributed by atoms with E-state index >= 15 is 0 Å². The molecular weight excluding hydrogens is 949 g/mol. The van der Waals surface area contributed by atoms with E-state index < -0.39 is 6.10 Å². The normalized spacial score (nSPS) is 12.6. The van der Waals surface area contributed by atoms with Crippen LogP contribution in [0.25, 0.3) is 0 Å². The lowest BCUT2D eigenvalue weighted by Crippen LogP contribution is -2.30. The van der Waals surface area contributed by atoms with Crippen LogP contribution in [0.15, 0.2) is 85.1 Å². The fraction of sp³-hybridized carbons (Fsp3) is 0.761. The van der Waals surface area contributed by atoms with E-state index in [1.54, 1.807) is 0 Å². The lowest BCUT2D eigenvalue weighted by Gasteiger charge is -2.18. The Hall–Kier alpha value is -3.41. The molecule has 0 amide bonds. The average molecular weight is 1070 g/mol. The largest absolute Gasteiger partial charge is 0.462 e. The standard InChI is InChI=1S/C71H124O6/c1-4-7-10-13-16-19-22-25-28-31-34-35-38-40-43-46-49-52-55-58-61-64-70(73)76-67-68(77-71(74)65-62-59-56-53-50-47-44-41-37-33-30-27-24-21-18-15-12-9-6-3)66-75-69(72)63-60-57-54-51-48-45-42-39-36-32-29-26-23-20-17-14-11-8-5-2/h7,10,16,19,25-30,34-35,40,43,68H,4-6,8-9,11-15,17-18,20-24,31-33,36-39,41-42,44-67H2,1-3H3/b10-7-,19-16-,28-25-,29-26-,30-27-,35-34-,43-40-. The number of carbonyl (C=O) groups is 3. The third kappa shape index (κ3) is 63.3. The van der Waals surface area contributed by atoms with Gasteiger partial charge in [0.05, 0.1) is 0 Å². The van der Waals surface area contributed by atoms with Crippen LogP contribution in [-0.4, -0.2) is 37.2 Å². The van der Waals surface area contributed by atoms with Gasteiger partial charge in [-0.05, 0) is 116 Å². The number of hydrogen-bond donors (Lipinski definition) is 0. The Morgan fingerprint density at radius 1 is 0.273 bits per heavy atom. The highest BCUT2D eigenvalue weighted by atomic mass is 16.6. The minimum Gasteiger partial charge on any atom is -0.462 e. The van der Waals surface area contributed by atoms with E-state index in [-0.39, 0.29) is 31.1 Å². The molecule has 0 heterocycles. The minimum absolute atomic E-state index is 0.0832. The Kier molecular flexibility index (Phi) is 62.2. The van der Waals surface area contributed by atoms with Gasteiger partial charge in [-0.25, -0.2) is 0 Å². The summed E-state index contributed by atoms with van der Waals surface area (Å²) in [6, 6.07) is 0. The highest BCUT2D eigenvalue weighted by molar-refractivity contribution is 5.71. The van der Waals surface area contributed by atoms with Crippen LogP contribution < -0.4 is 0 Å². The number of carbonyl (C=O) groups excluding carboxylic acids is 3. The van der Waals surface area contributed by atoms with Gasteiger partial charge in [0.2, 0.25) is 0 Å². The second-order valence-electron chi connectivity index (χ2n) is 22.0. The first-order valence-corrected chi connectivity index (χ1v) is 33.1. The summed E-state index contributed by atoms with van der Waals surface area (Å²) < 4.78 is 17.0. The quantitative estimate of drug-likeness (QED) is 0.0261. The fourth-order valence-corrected chi connectivity index (χ4v) is 9.40. The van der Waals surface area contributed by atoms with Gasteiger partial charge >= 0.3 is 17.9 Å². The predicted octanol–water partition coefficient (Wildman–Crippen LogP) is 22.7. The second-order valence-corrected chi connectivity index (χ2v) is 22.0. The third-order valence-electron chi connectivity index (χ3n) is 14.4. The summed E-state index contributed by atoms with van der Waals surface area (Å²) in [5.74, 6) is -0.892. The van der Waals surface area contributed by atoms with E-state index in [0.29, 0.717) is 19.3 Å². The lowest BCUT2D eigenvalue weighted by atomic mass is 10.1. The molecule has 0 aromatic heterocycles. The molecule has 6 heteroatoms. The average Bonchev–Trinajstić information content (AvgIpc) is 3.43. The summed E-state index contributed by atoms with van der Waals surface area (Å²) in [6.07, 6.45) is 85.8. The molecule has 0 aromatic rings. The number of rotatable bonds is 60. The molecule has 0 N–H and O–H groups in total. The van der Waals surface area contributed by atoms with Crippen molar-refractivity contribution in [2.24, 2.45) is 0 Å². The molecule has 77 heavy (non-hydrogen) atoms. The van der Waals surface area contributed by atoms with Crippen LogP contribution in [0.3, 0.4) is 0 Å². The smallest absolute Gasteiger partial charge is 0.306 e. The van der Waals surface area contributed by atoms with Crippen molar-refractivity contribution >= 4 is 17.9 Å². The van der Waals surface area contributed by atoms with Crippen molar-refractivity contribution in [3.05, 3.63) is 85.1 Å². The summed E-state index contributed by atoms with van der Waals surface area (Å²) in [4.78, 5) is 38.4. The zero-order valence-electron chi connectivity index (χ0n) is 51.0. The maximum atomic E-state index is 12.9. The van der Waals surface area contributed by atoms with E-state index in [2.05, 4.69) is 106 Å².